The second-order valence-electron chi connectivity index (χ2n) is 7.63. The molecular formula is C20H26ClN3O4. The van der Waals surface area contributed by atoms with Gasteiger partial charge in [0, 0.05) is 32.2 Å². The van der Waals surface area contributed by atoms with Crippen molar-refractivity contribution in [3.05, 3.63) is 29.3 Å². The van der Waals surface area contributed by atoms with Crippen LogP contribution in [-0.2, 0) is 14.3 Å². The molecule has 1 aromatic rings. The minimum atomic E-state index is -0.302. The zero-order valence-corrected chi connectivity index (χ0v) is 16.5. The van der Waals surface area contributed by atoms with Gasteiger partial charge in [-0.1, -0.05) is 23.7 Å². The largest absolute Gasteiger partial charge is 0.381 e. The van der Waals surface area contributed by atoms with Crippen LogP contribution in [-0.4, -0.2) is 61.4 Å². The molecule has 0 radical (unpaired) electrons. The van der Waals surface area contributed by atoms with Gasteiger partial charge >= 0.3 is 6.03 Å². The van der Waals surface area contributed by atoms with E-state index in [0.29, 0.717) is 37.0 Å². The van der Waals surface area contributed by atoms with Gasteiger partial charge in [0.2, 0.25) is 5.91 Å². The summed E-state index contributed by atoms with van der Waals surface area (Å²) in [7, 11) is 0. The average Bonchev–Trinajstić information content (AvgIpc) is 2.70. The van der Waals surface area contributed by atoms with Crippen molar-refractivity contribution in [3.63, 3.8) is 0 Å². The van der Waals surface area contributed by atoms with Crippen LogP contribution in [0, 0.1) is 5.92 Å². The first-order valence-corrected chi connectivity index (χ1v) is 10.3. The van der Waals surface area contributed by atoms with Crippen LogP contribution in [0.25, 0.3) is 0 Å². The van der Waals surface area contributed by atoms with E-state index in [1.807, 2.05) is 17.0 Å². The highest BCUT2D eigenvalue weighted by Crippen LogP contribution is 2.34. The number of carbonyl (C=O) groups excluding carboxylic acids is 2. The fourth-order valence-corrected chi connectivity index (χ4v) is 4.36. The van der Waals surface area contributed by atoms with Crippen molar-refractivity contribution in [2.45, 2.75) is 43.9 Å². The van der Waals surface area contributed by atoms with Gasteiger partial charge in [0.05, 0.1) is 29.0 Å². The van der Waals surface area contributed by atoms with Gasteiger partial charge in [-0.25, -0.2) is 4.79 Å². The molecule has 4 rings (SSSR count). The number of hydrogen-bond donors (Lipinski definition) is 2. The molecule has 7 nitrogen and oxygen atoms in total. The molecule has 0 aliphatic carbocycles. The number of para-hydroxylation sites is 1. The molecule has 3 saturated heterocycles. The van der Waals surface area contributed by atoms with E-state index in [9.17, 15) is 9.59 Å². The van der Waals surface area contributed by atoms with Crippen LogP contribution in [0.5, 0.6) is 0 Å². The predicted molar refractivity (Wildman–Crippen MR) is 105 cm³/mol. The van der Waals surface area contributed by atoms with E-state index in [1.54, 1.807) is 12.1 Å². The lowest BCUT2D eigenvalue weighted by Gasteiger charge is -2.53. The molecule has 3 aliphatic heterocycles. The van der Waals surface area contributed by atoms with E-state index in [0.717, 1.165) is 25.7 Å². The SMILES string of the molecule is O=C(NC[C@@H]1CC[C@@H]2[C@@H](CN2C(=O)C2CCOCC2)O1)Nc1ccccc1Cl. The molecule has 2 N–H and O–H groups in total. The smallest absolute Gasteiger partial charge is 0.319 e. The molecule has 0 spiro atoms. The topological polar surface area (TPSA) is 79.9 Å². The summed E-state index contributed by atoms with van der Waals surface area (Å²) >= 11 is 6.05. The molecule has 3 atom stereocenters. The Labute approximate surface area is 169 Å². The fourth-order valence-electron chi connectivity index (χ4n) is 4.18. The van der Waals surface area contributed by atoms with Crippen molar-refractivity contribution >= 4 is 29.2 Å². The molecule has 8 heteroatoms. The molecule has 3 aliphatic rings. The van der Waals surface area contributed by atoms with E-state index in [4.69, 9.17) is 21.1 Å². The Kier molecular flexibility index (Phi) is 6.04. The molecule has 28 heavy (non-hydrogen) atoms. The van der Waals surface area contributed by atoms with Crippen LogP contribution < -0.4 is 10.6 Å². The number of carbonyl (C=O) groups is 2. The van der Waals surface area contributed by atoms with E-state index >= 15 is 0 Å². The zero-order valence-electron chi connectivity index (χ0n) is 15.7. The maximum absolute atomic E-state index is 12.7. The van der Waals surface area contributed by atoms with Gasteiger partial charge in [-0.15, -0.1) is 0 Å². The van der Waals surface area contributed by atoms with E-state index in [1.165, 1.54) is 0 Å². The minimum Gasteiger partial charge on any atom is -0.381 e. The average molecular weight is 408 g/mol. The number of fused-ring (bicyclic) bond motifs is 1. The summed E-state index contributed by atoms with van der Waals surface area (Å²) in [6.45, 7) is 2.45. The Morgan fingerprint density at radius 3 is 2.68 bits per heavy atom. The maximum atomic E-state index is 12.7. The standard InChI is InChI=1S/C20H26ClN3O4/c21-15-3-1-2-4-16(15)23-20(26)22-11-14-5-6-17-18(28-14)12-24(17)19(25)13-7-9-27-10-8-13/h1-4,13-14,17-18H,5-12H2,(H2,22,23,26)/t14-,17+,18+/m0/s1. The summed E-state index contributed by atoms with van der Waals surface area (Å²) in [5.41, 5.74) is 0.576. The Morgan fingerprint density at radius 1 is 1.14 bits per heavy atom. The van der Waals surface area contributed by atoms with Crippen molar-refractivity contribution in [3.8, 4) is 0 Å². The Balaban J connectivity index is 1.20. The van der Waals surface area contributed by atoms with Crippen molar-refractivity contribution in [1.82, 2.24) is 10.2 Å². The number of nitrogens with one attached hydrogen (secondary N) is 2. The first-order chi connectivity index (χ1) is 13.6. The summed E-state index contributed by atoms with van der Waals surface area (Å²) in [4.78, 5) is 26.7. The summed E-state index contributed by atoms with van der Waals surface area (Å²) < 4.78 is 11.4. The van der Waals surface area contributed by atoms with E-state index < -0.39 is 0 Å². The Morgan fingerprint density at radius 2 is 1.93 bits per heavy atom. The second kappa shape index (κ2) is 8.68. The second-order valence-corrected chi connectivity index (χ2v) is 8.04. The maximum Gasteiger partial charge on any atom is 0.319 e. The van der Waals surface area contributed by atoms with E-state index in [2.05, 4.69) is 10.6 Å². The van der Waals surface area contributed by atoms with Crippen molar-refractivity contribution < 1.29 is 19.1 Å². The number of rotatable bonds is 4. The first kappa shape index (κ1) is 19.5. The van der Waals surface area contributed by atoms with Crippen molar-refractivity contribution in [1.29, 1.82) is 0 Å². The number of benzene rings is 1. The molecule has 3 amide bonds. The Bertz CT molecular complexity index is 725. The number of hydrogen-bond acceptors (Lipinski definition) is 4. The van der Waals surface area contributed by atoms with Gasteiger partial charge in [0.1, 0.15) is 0 Å². The van der Waals surface area contributed by atoms with Gasteiger partial charge < -0.3 is 25.0 Å². The predicted octanol–water partition coefficient (Wildman–Crippen LogP) is 2.65. The van der Waals surface area contributed by atoms with Crippen LogP contribution in [0.4, 0.5) is 10.5 Å². The number of amides is 3. The van der Waals surface area contributed by atoms with Crippen LogP contribution >= 0.6 is 11.6 Å². The molecule has 0 unspecified atom stereocenters. The zero-order chi connectivity index (χ0) is 19.5. The minimum absolute atomic E-state index is 0.0291. The van der Waals surface area contributed by atoms with Gasteiger partial charge in [-0.3, -0.25) is 4.79 Å². The summed E-state index contributed by atoms with van der Waals surface area (Å²) in [5, 5.41) is 6.08. The number of halogens is 1. The number of nitrogens with zero attached hydrogens (tertiary/aromatic N) is 1. The highest BCUT2D eigenvalue weighted by molar-refractivity contribution is 6.33. The quantitative estimate of drug-likeness (QED) is 0.804. The van der Waals surface area contributed by atoms with Gasteiger partial charge in [0.15, 0.2) is 0 Å². The van der Waals surface area contributed by atoms with Gasteiger partial charge in [0.25, 0.3) is 0 Å². The van der Waals surface area contributed by atoms with Crippen LogP contribution in [0.3, 0.4) is 0 Å². The van der Waals surface area contributed by atoms with Gasteiger partial charge in [-0.05, 0) is 37.8 Å². The van der Waals surface area contributed by atoms with Crippen LogP contribution in [0.1, 0.15) is 25.7 Å². The van der Waals surface area contributed by atoms with Crippen molar-refractivity contribution in [2.24, 2.45) is 5.92 Å². The molecule has 3 heterocycles. The van der Waals surface area contributed by atoms with Crippen LogP contribution in [0.2, 0.25) is 5.02 Å². The number of anilines is 1. The van der Waals surface area contributed by atoms with Gasteiger partial charge in [-0.2, -0.15) is 0 Å². The molecule has 3 fully saturated rings. The third-order valence-corrected chi connectivity index (χ3v) is 6.15. The first-order valence-electron chi connectivity index (χ1n) is 9.95. The lowest BCUT2D eigenvalue weighted by molar-refractivity contribution is -0.186. The van der Waals surface area contributed by atoms with Crippen molar-refractivity contribution in [2.75, 3.05) is 31.6 Å². The van der Waals surface area contributed by atoms with Crippen LogP contribution in [0.15, 0.2) is 24.3 Å². The normalized spacial score (nSPS) is 27.5. The highest BCUT2D eigenvalue weighted by atomic mass is 35.5. The lowest BCUT2D eigenvalue weighted by Crippen LogP contribution is -2.67. The van der Waals surface area contributed by atoms with E-state index in [-0.39, 0.29) is 36.1 Å². The number of urea groups is 1. The monoisotopic (exact) mass is 407 g/mol. The third kappa shape index (κ3) is 4.26. The Hall–Kier alpha value is -1.83. The molecular weight excluding hydrogens is 382 g/mol. The highest BCUT2D eigenvalue weighted by Gasteiger charge is 2.47. The summed E-state index contributed by atoms with van der Waals surface area (Å²) in [6.07, 6.45) is 3.43. The molecule has 1 aromatic carbocycles. The number of likely N-dealkylation sites (tertiary alicyclic amines) is 1. The summed E-state index contributed by atoms with van der Waals surface area (Å²) in [5.74, 6) is 0.353. The molecule has 0 saturated carbocycles. The summed E-state index contributed by atoms with van der Waals surface area (Å²) in [6, 6.07) is 6.99. The molecule has 152 valence electrons. The third-order valence-electron chi connectivity index (χ3n) is 5.82. The lowest BCUT2D eigenvalue weighted by atomic mass is 9.87. The molecule has 0 bridgehead atoms. The number of ether oxygens (including phenoxy) is 2. The molecule has 0 aromatic heterocycles. The fraction of sp³-hybridized carbons (Fsp3) is 0.600.